The Labute approximate surface area is 117 Å². The van der Waals surface area contributed by atoms with Crippen LogP contribution in [0, 0.1) is 31.0 Å². The minimum atomic E-state index is -0.310. The van der Waals surface area contributed by atoms with Gasteiger partial charge >= 0.3 is 0 Å². The van der Waals surface area contributed by atoms with Gasteiger partial charge in [0, 0.05) is 10.6 Å². The number of aryl methyl sites for hydroxylation is 2. The molecule has 1 nitrogen and oxygen atoms in total. The van der Waals surface area contributed by atoms with Crippen molar-refractivity contribution in [1.29, 1.82) is 5.26 Å². The van der Waals surface area contributed by atoms with Crippen LogP contribution >= 0.6 is 11.8 Å². The molecule has 19 heavy (non-hydrogen) atoms. The van der Waals surface area contributed by atoms with Gasteiger partial charge in [-0.1, -0.05) is 12.1 Å². The van der Waals surface area contributed by atoms with Crippen LogP contribution < -0.4 is 0 Å². The van der Waals surface area contributed by atoms with Gasteiger partial charge in [0.1, 0.15) is 5.82 Å². The molecule has 0 saturated heterocycles. The minimum Gasteiger partial charge on any atom is -0.207 e. The van der Waals surface area contributed by atoms with Crippen molar-refractivity contribution in [3.05, 3.63) is 64.5 Å². The molecule has 0 aliphatic carbocycles. The third-order valence-corrected chi connectivity index (χ3v) is 4.10. The molecule has 0 radical (unpaired) electrons. The molecule has 0 heterocycles. The number of benzene rings is 2. The Morgan fingerprint density at radius 1 is 1.11 bits per heavy atom. The first kappa shape index (κ1) is 13.6. The Kier molecular flexibility index (Phi) is 4.24. The molecule has 0 amide bonds. The number of halogens is 1. The number of hydrogen-bond donors (Lipinski definition) is 0. The van der Waals surface area contributed by atoms with Crippen molar-refractivity contribution < 1.29 is 4.39 Å². The molecule has 0 aliphatic rings. The summed E-state index contributed by atoms with van der Waals surface area (Å²) >= 11 is 1.60. The molecule has 0 fully saturated rings. The molecule has 2 aromatic carbocycles. The van der Waals surface area contributed by atoms with Crippen LogP contribution in [0.1, 0.15) is 22.3 Å². The van der Waals surface area contributed by atoms with Crippen molar-refractivity contribution >= 4 is 11.8 Å². The standard InChI is InChI=1S/C16H14FNS/c1-11-3-6-15(7-12(11)2)19-10-14-5-4-13(9-18)8-16(14)17/h3-8H,10H2,1-2H3. The Morgan fingerprint density at radius 2 is 1.89 bits per heavy atom. The lowest BCUT2D eigenvalue weighted by atomic mass is 10.1. The van der Waals surface area contributed by atoms with Crippen molar-refractivity contribution in [2.45, 2.75) is 24.5 Å². The topological polar surface area (TPSA) is 23.8 Å². The molecule has 0 saturated carbocycles. The zero-order valence-corrected chi connectivity index (χ0v) is 11.7. The molecule has 0 unspecified atom stereocenters. The molecule has 2 aromatic rings. The SMILES string of the molecule is Cc1ccc(SCc2ccc(C#N)cc2F)cc1C. The fourth-order valence-corrected chi connectivity index (χ4v) is 2.68. The van der Waals surface area contributed by atoms with E-state index >= 15 is 0 Å². The maximum absolute atomic E-state index is 13.7. The summed E-state index contributed by atoms with van der Waals surface area (Å²) in [4.78, 5) is 1.13. The highest BCUT2D eigenvalue weighted by molar-refractivity contribution is 7.98. The number of thioether (sulfide) groups is 1. The highest BCUT2D eigenvalue weighted by Crippen LogP contribution is 2.26. The second-order valence-electron chi connectivity index (χ2n) is 4.45. The van der Waals surface area contributed by atoms with Gasteiger partial charge in [-0.25, -0.2) is 4.39 Å². The van der Waals surface area contributed by atoms with Crippen molar-refractivity contribution in [2.75, 3.05) is 0 Å². The van der Waals surface area contributed by atoms with E-state index in [1.54, 1.807) is 23.9 Å². The van der Waals surface area contributed by atoms with Crippen LogP contribution in [0.5, 0.6) is 0 Å². The zero-order chi connectivity index (χ0) is 13.8. The summed E-state index contributed by atoms with van der Waals surface area (Å²) in [7, 11) is 0. The maximum Gasteiger partial charge on any atom is 0.128 e. The van der Waals surface area contributed by atoms with E-state index in [1.807, 2.05) is 6.07 Å². The van der Waals surface area contributed by atoms with Crippen molar-refractivity contribution in [1.82, 2.24) is 0 Å². The molecule has 0 spiro atoms. The largest absolute Gasteiger partial charge is 0.207 e. The summed E-state index contributed by atoms with van der Waals surface area (Å²) in [5.41, 5.74) is 3.49. The van der Waals surface area contributed by atoms with Gasteiger partial charge < -0.3 is 0 Å². The monoisotopic (exact) mass is 271 g/mol. The van der Waals surface area contributed by atoms with Gasteiger partial charge in [-0.3, -0.25) is 0 Å². The third-order valence-electron chi connectivity index (χ3n) is 3.05. The van der Waals surface area contributed by atoms with Crippen LogP contribution in [0.2, 0.25) is 0 Å². The fraction of sp³-hybridized carbons (Fsp3) is 0.188. The van der Waals surface area contributed by atoms with Crippen molar-refractivity contribution in [3.8, 4) is 6.07 Å². The van der Waals surface area contributed by atoms with Crippen LogP contribution in [0.4, 0.5) is 4.39 Å². The lowest BCUT2D eigenvalue weighted by molar-refractivity contribution is 0.617. The molecule has 0 aromatic heterocycles. The molecule has 3 heteroatoms. The average Bonchev–Trinajstić information content (AvgIpc) is 2.41. The van der Waals surface area contributed by atoms with Crippen molar-refractivity contribution in [3.63, 3.8) is 0 Å². The van der Waals surface area contributed by atoms with Gasteiger partial charge in [-0.05, 0) is 54.8 Å². The number of rotatable bonds is 3. The zero-order valence-electron chi connectivity index (χ0n) is 10.9. The molecule has 96 valence electrons. The lowest BCUT2D eigenvalue weighted by Crippen LogP contribution is -1.89. The minimum absolute atomic E-state index is 0.310. The lowest BCUT2D eigenvalue weighted by Gasteiger charge is -2.06. The van der Waals surface area contributed by atoms with Gasteiger partial charge in [0.05, 0.1) is 11.6 Å². The summed E-state index contributed by atoms with van der Waals surface area (Å²) in [6, 6.07) is 12.8. The second-order valence-corrected chi connectivity index (χ2v) is 5.50. The van der Waals surface area contributed by atoms with E-state index in [1.165, 1.54) is 17.2 Å². The number of nitriles is 1. The number of hydrogen-bond acceptors (Lipinski definition) is 2. The van der Waals surface area contributed by atoms with Crippen LogP contribution in [0.25, 0.3) is 0 Å². The summed E-state index contributed by atoms with van der Waals surface area (Å²) in [6.07, 6.45) is 0. The third kappa shape index (κ3) is 3.36. The van der Waals surface area contributed by atoms with Crippen LogP contribution in [0.15, 0.2) is 41.3 Å². The van der Waals surface area contributed by atoms with Crippen LogP contribution in [-0.4, -0.2) is 0 Å². The highest BCUT2D eigenvalue weighted by Gasteiger charge is 2.05. The van der Waals surface area contributed by atoms with Crippen LogP contribution in [0.3, 0.4) is 0 Å². The van der Waals surface area contributed by atoms with E-state index < -0.39 is 0 Å². The first-order valence-electron chi connectivity index (χ1n) is 5.99. The molecular weight excluding hydrogens is 257 g/mol. The van der Waals surface area contributed by atoms with E-state index in [0.29, 0.717) is 16.9 Å². The Morgan fingerprint density at radius 3 is 2.53 bits per heavy atom. The second kappa shape index (κ2) is 5.90. The molecule has 0 aliphatic heterocycles. The molecule has 0 N–H and O–H groups in total. The predicted molar refractivity (Wildman–Crippen MR) is 76.6 cm³/mol. The Balaban J connectivity index is 2.10. The van der Waals surface area contributed by atoms with E-state index in [0.717, 1.165) is 4.90 Å². The smallest absolute Gasteiger partial charge is 0.128 e. The van der Waals surface area contributed by atoms with E-state index in [9.17, 15) is 4.39 Å². The predicted octanol–water partition coefficient (Wildman–Crippen LogP) is 4.61. The number of nitrogens with zero attached hydrogens (tertiary/aromatic N) is 1. The Bertz CT molecular complexity index is 644. The van der Waals surface area contributed by atoms with Gasteiger partial charge in [-0.2, -0.15) is 5.26 Å². The highest BCUT2D eigenvalue weighted by atomic mass is 32.2. The summed E-state index contributed by atoms with van der Waals surface area (Å²) in [6.45, 7) is 4.14. The van der Waals surface area contributed by atoms with Gasteiger partial charge in [0.15, 0.2) is 0 Å². The molecular formula is C16H14FNS. The summed E-state index contributed by atoms with van der Waals surface area (Å²) < 4.78 is 13.7. The molecule has 0 bridgehead atoms. The average molecular weight is 271 g/mol. The molecule has 2 rings (SSSR count). The summed E-state index contributed by atoms with van der Waals surface area (Å²) in [5, 5.41) is 8.70. The van der Waals surface area contributed by atoms with Crippen LogP contribution in [-0.2, 0) is 5.75 Å². The quantitative estimate of drug-likeness (QED) is 0.761. The maximum atomic E-state index is 13.7. The fourth-order valence-electron chi connectivity index (χ4n) is 1.70. The van der Waals surface area contributed by atoms with Gasteiger partial charge in [0.2, 0.25) is 0 Å². The first-order chi connectivity index (χ1) is 9.10. The summed E-state index contributed by atoms with van der Waals surface area (Å²) in [5.74, 6) is 0.260. The van der Waals surface area contributed by atoms with Crippen molar-refractivity contribution in [2.24, 2.45) is 0 Å². The first-order valence-corrected chi connectivity index (χ1v) is 6.97. The van der Waals surface area contributed by atoms with E-state index in [4.69, 9.17) is 5.26 Å². The van der Waals surface area contributed by atoms with Gasteiger partial charge in [-0.15, -0.1) is 11.8 Å². The van der Waals surface area contributed by atoms with Gasteiger partial charge in [0.25, 0.3) is 0 Å². The van der Waals surface area contributed by atoms with E-state index in [-0.39, 0.29) is 5.82 Å². The normalized spacial score (nSPS) is 10.2. The van der Waals surface area contributed by atoms with E-state index in [2.05, 4.69) is 32.0 Å². The Hall–Kier alpha value is -1.79. The molecule has 0 atom stereocenters.